The van der Waals surface area contributed by atoms with Gasteiger partial charge in [0.15, 0.2) is 0 Å². The summed E-state index contributed by atoms with van der Waals surface area (Å²) < 4.78 is 0. The molecule has 1 fully saturated rings. The molecule has 0 bridgehead atoms. The van der Waals surface area contributed by atoms with Crippen molar-refractivity contribution >= 4 is 0 Å². The summed E-state index contributed by atoms with van der Waals surface area (Å²) in [7, 11) is 0. The van der Waals surface area contributed by atoms with E-state index in [2.05, 4.69) is 44.3 Å². The third-order valence-corrected chi connectivity index (χ3v) is 5.17. The summed E-state index contributed by atoms with van der Waals surface area (Å²) in [6, 6.07) is 8.78. The first-order chi connectivity index (χ1) is 9.52. The Kier molecular flexibility index (Phi) is 3.90. The molecule has 110 valence electrons. The molecule has 1 aromatic carbocycles. The zero-order valence-corrected chi connectivity index (χ0v) is 13.3. The van der Waals surface area contributed by atoms with Gasteiger partial charge >= 0.3 is 0 Å². The summed E-state index contributed by atoms with van der Waals surface area (Å²) >= 11 is 0. The molecular weight excluding hydrogens is 242 g/mol. The molecule has 1 nitrogen and oxygen atoms in total. The largest absolute Gasteiger partial charge is 0.311 e. The highest BCUT2D eigenvalue weighted by Gasteiger charge is 2.23. The van der Waals surface area contributed by atoms with Gasteiger partial charge in [0.25, 0.3) is 0 Å². The second kappa shape index (κ2) is 5.52. The van der Waals surface area contributed by atoms with E-state index < -0.39 is 0 Å². The van der Waals surface area contributed by atoms with E-state index in [1.165, 1.54) is 50.5 Å². The molecule has 1 N–H and O–H groups in total. The molecule has 1 saturated carbocycles. The van der Waals surface area contributed by atoms with Crippen LogP contribution < -0.4 is 5.32 Å². The Morgan fingerprint density at radius 1 is 0.900 bits per heavy atom. The van der Waals surface area contributed by atoms with Gasteiger partial charge in [0.1, 0.15) is 0 Å². The number of hydrogen-bond donors (Lipinski definition) is 1. The highest BCUT2D eigenvalue weighted by Crippen LogP contribution is 2.29. The van der Waals surface area contributed by atoms with Gasteiger partial charge in [-0.15, -0.1) is 0 Å². The van der Waals surface area contributed by atoms with Gasteiger partial charge in [-0.25, -0.2) is 0 Å². The smallest absolute Gasteiger partial charge is 0.00759 e. The van der Waals surface area contributed by atoms with Gasteiger partial charge in [0, 0.05) is 12.1 Å². The van der Waals surface area contributed by atoms with Crippen molar-refractivity contribution in [2.24, 2.45) is 0 Å². The second-order valence-electron chi connectivity index (χ2n) is 7.80. The number of benzene rings is 1. The van der Waals surface area contributed by atoms with Gasteiger partial charge in [-0.05, 0) is 60.6 Å². The van der Waals surface area contributed by atoms with Crippen molar-refractivity contribution in [1.82, 2.24) is 5.32 Å². The molecule has 0 aromatic heterocycles. The van der Waals surface area contributed by atoms with E-state index in [4.69, 9.17) is 0 Å². The van der Waals surface area contributed by atoms with Gasteiger partial charge in [0.2, 0.25) is 0 Å². The van der Waals surface area contributed by atoms with E-state index in [1.54, 1.807) is 11.1 Å². The van der Waals surface area contributed by atoms with Crippen LogP contribution >= 0.6 is 0 Å². The van der Waals surface area contributed by atoms with Crippen molar-refractivity contribution in [3.63, 3.8) is 0 Å². The molecule has 1 aromatic rings. The molecule has 0 aliphatic heterocycles. The summed E-state index contributed by atoms with van der Waals surface area (Å²) in [6.07, 6.45) is 9.37. The average molecular weight is 271 g/mol. The molecule has 1 heteroatoms. The normalized spacial score (nSPS) is 23.9. The minimum absolute atomic E-state index is 0.269. The molecule has 0 heterocycles. The van der Waals surface area contributed by atoms with Crippen LogP contribution in [0.5, 0.6) is 0 Å². The molecule has 2 aliphatic rings. The average Bonchev–Trinajstić information content (AvgIpc) is 2.54. The first kappa shape index (κ1) is 14.1. The van der Waals surface area contributed by atoms with Crippen LogP contribution in [0, 0.1) is 0 Å². The highest BCUT2D eigenvalue weighted by atomic mass is 15.0. The standard InChI is InChI=1S/C19H29N/c1-19(2,3)16-10-7-14-8-11-18(12-9-15(14)13-16)20-17-5-4-6-17/h7,10,13,17-18,20H,4-6,8-9,11-12H2,1-3H3. The molecule has 1 atom stereocenters. The Hall–Kier alpha value is -0.820. The molecule has 0 radical (unpaired) electrons. The number of hydrogen-bond acceptors (Lipinski definition) is 1. The van der Waals surface area contributed by atoms with Gasteiger partial charge in [0.05, 0.1) is 0 Å². The summed E-state index contributed by atoms with van der Waals surface area (Å²) in [5, 5.41) is 3.87. The van der Waals surface area contributed by atoms with Crippen molar-refractivity contribution in [1.29, 1.82) is 0 Å². The zero-order chi connectivity index (χ0) is 14.2. The van der Waals surface area contributed by atoms with Crippen molar-refractivity contribution in [3.05, 3.63) is 34.9 Å². The van der Waals surface area contributed by atoms with E-state index in [9.17, 15) is 0 Å². The Bertz CT molecular complexity index is 465. The highest BCUT2D eigenvalue weighted by molar-refractivity contribution is 5.36. The van der Waals surface area contributed by atoms with E-state index >= 15 is 0 Å². The minimum Gasteiger partial charge on any atom is -0.311 e. The lowest BCUT2D eigenvalue weighted by atomic mass is 9.84. The van der Waals surface area contributed by atoms with Crippen molar-refractivity contribution in [2.45, 2.75) is 83.2 Å². The van der Waals surface area contributed by atoms with Crippen LogP contribution in [0.3, 0.4) is 0 Å². The fourth-order valence-corrected chi connectivity index (χ4v) is 3.45. The van der Waals surface area contributed by atoms with Gasteiger partial charge in [-0.2, -0.15) is 0 Å². The summed E-state index contributed by atoms with van der Waals surface area (Å²) in [6.45, 7) is 6.94. The van der Waals surface area contributed by atoms with Gasteiger partial charge in [-0.3, -0.25) is 0 Å². The van der Waals surface area contributed by atoms with Crippen LogP contribution in [0.2, 0.25) is 0 Å². The van der Waals surface area contributed by atoms with E-state index in [1.807, 2.05) is 0 Å². The number of aryl methyl sites for hydroxylation is 2. The number of fused-ring (bicyclic) bond motifs is 1. The Morgan fingerprint density at radius 2 is 1.55 bits per heavy atom. The van der Waals surface area contributed by atoms with Crippen LogP contribution in [0.1, 0.15) is 69.6 Å². The lowest BCUT2D eigenvalue weighted by molar-refractivity contribution is 0.290. The molecule has 1 unspecified atom stereocenters. The zero-order valence-electron chi connectivity index (χ0n) is 13.3. The van der Waals surface area contributed by atoms with E-state index in [-0.39, 0.29) is 5.41 Å². The van der Waals surface area contributed by atoms with Gasteiger partial charge in [-0.1, -0.05) is 45.4 Å². The van der Waals surface area contributed by atoms with Crippen molar-refractivity contribution in [3.8, 4) is 0 Å². The van der Waals surface area contributed by atoms with E-state index in [0.717, 1.165) is 12.1 Å². The van der Waals surface area contributed by atoms with Crippen LogP contribution in [0.15, 0.2) is 18.2 Å². The molecule has 2 aliphatic carbocycles. The third-order valence-electron chi connectivity index (χ3n) is 5.17. The van der Waals surface area contributed by atoms with Crippen molar-refractivity contribution < 1.29 is 0 Å². The maximum atomic E-state index is 3.87. The number of rotatable bonds is 2. The van der Waals surface area contributed by atoms with Gasteiger partial charge < -0.3 is 5.32 Å². The SMILES string of the molecule is CC(C)(C)c1ccc2c(c1)CCC(NC1CCC1)CC2. The fraction of sp³-hybridized carbons (Fsp3) is 0.684. The molecule has 0 amide bonds. The lowest BCUT2D eigenvalue weighted by Crippen LogP contribution is -2.42. The molecule has 0 spiro atoms. The predicted octanol–water partition coefficient (Wildman–Crippen LogP) is 4.37. The first-order valence-corrected chi connectivity index (χ1v) is 8.41. The van der Waals surface area contributed by atoms with Crippen molar-refractivity contribution in [2.75, 3.05) is 0 Å². The third kappa shape index (κ3) is 3.09. The minimum atomic E-state index is 0.269. The maximum Gasteiger partial charge on any atom is 0.00759 e. The fourth-order valence-electron chi connectivity index (χ4n) is 3.45. The monoisotopic (exact) mass is 271 g/mol. The molecule has 20 heavy (non-hydrogen) atoms. The molecule has 0 saturated heterocycles. The molecular formula is C19H29N. The Labute approximate surface area is 124 Å². The molecule has 3 rings (SSSR count). The quantitative estimate of drug-likeness (QED) is 0.787. The van der Waals surface area contributed by atoms with Crippen LogP contribution in [0.25, 0.3) is 0 Å². The van der Waals surface area contributed by atoms with Crippen LogP contribution in [-0.4, -0.2) is 12.1 Å². The maximum absolute atomic E-state index is 3.87. The summed E-state index contributed by atoms with van der Waals surface area (Å²) in [5.74, 6) is 0. The Morgan fingerprint density at radius 3 is 2.15 bits per heavy atom. The summed E-state index contributed by atoms with van der Waals surface area (Å²) in [5.41, 5.74) is 4.96. The Balaban J connectivity index is 1.70. The topological polar surface area (TPSA) is 12.0 Å². The lowest BCUT2D eigenvalue weighted by Gasteiger charge is -2.31. The van der Waals surface area contributed by atoms with E-state index in [0.29, 0.717) is 0 Å². The predicted molar refractivity (Wildman–Crippen MR) is 86.3 cm³/mol. The second-order valence-corrected chi connectivity index (χ2v) is 7.80. The summed E-state index contributed by atoms with van der Waals surface area (Å²) in [4.78, 5) is 0. The van der Waals surface area contributed by atoms with Crippen LogP contribution in [0.4, 0.5) is 0 Å². The van der Waals surface area contributed by atoms with Crippen LogP contribution in [-0.2, 0) is 18.3 Å². The number of nitrogens with one attached hydrogen (secondary N) is 1. The first-order valence-electron chi connectivity index (χ1n) is 8.41.